The van der Waals surface area contributed by atoms with E-state index in [2.05, 4.69) is 52.0 Å². The molecule has 178 valence electrons. The molecule has 0 radical (unpaired) electrons. The van der Waals surface area contributed by atoms with Crippen LogP contribution in [-0.4, -0.2) is 67.7 Å². The zero-order valence-electron chi connectivity index (χ0n) is 19.7. The Morgan fingerprint density at radius 3 is 2.88 bits per heavy atom. The third-order valence-corrected chi connectivity index (χ3v) is 7.54. The molecule has 9 nitrogen and oxygen atoms in total. The monoisotopic (exact) mass is 479 g/mol. The molecule has 3 aromatic heterocycles. The lowest BCUT2D eigenvalue weighted by atomic mass is 10.1. The average molecular weight is 480 g/mol. The minimum Gasteiger partial charge on any atom is -0.395 e. The number of nitrogens with zero attached hydrogens (tertiary/aromatic N) is 7. The van der Waals surface area contributed by atoms with Crippen molar-refractivity contribution in [3.05, 3.63) is 41.5 Å². The fourth-order valence-electron chi connectivity index (χ4n) is 4.53. The van der Waals surface area contributed by atoms with Crippen molar-refractivity contribution in [3.8, 4) is 0 Å². The Balaban J connectivity index is 1.18. The minimum atomic E-state index is 0.0955. The van der Waals surface area contributed by atoms with E-state index < -0.39 is 0 Å². The van der Waals surface area contributed by atoms with Gasteiger partial charge in [0, 0.05) is 36.5 Å². The predicted octanol–water partition coefficient (Wildman–Crippen LogP) is 3.33. The highest BCUT2D eigenvalue weighted by Gasteiger charge is 2.33. The maximum atomic E-state index is 13.0. The standard InChI is InChI=1S/C24H29N7O2S/c1-4-18-12-19-23(25-15-26-24(19)34-18)30-14-16(2)29(13-17(30)3)22(32)10-7-11-33-31-21-9-6-5-8-20(21)27-28-31/h5-6,8-9,12,15-17H,4,7,10-11,13-14H2,1-3H3/t16-,17+/m0/s1. The van der Waals surface area contributed by atoms with Gasteiger partial charge in [0.1, 0.15) is 34.6 Å². The average Bonchev–Trinajstić information content (AvgIpc) is 3.47. The van der Waals surface area contributed by atoms with Crippen LogP contribution in [0.25, 0.3) is 21.3 Å². The van der Waals surface area contributed by atoms with Crippen LogP contribution in [0, 0.1) is 0 Å². The van der Waals surface area contributed by atoms with E-state index in [1.54, 1.807) is 17.7 Å². The molecule has 5 rings (SSSR count). The second-order valence-electron chi connectivity index (χ2n) is 8.77. The Hall–Kier alpha value is -3.27. The highest BCUT2D eigenvalue weighted by Crippen LogP contribution is 2.33. The minimum absolute atomic E-state index is 0.0955. The number of hydrogen-bond acceptors (Lipinski definition) is 8. The van der Waals surface area contributed by atoms with Gasteiger partial charge in [-0.25, -0.2) is 9.97 Å². The Morgan fingerprint density at radius 1 is 1.18 bits per heavy atom. The third-order valence-electron chi connectivity index (χ3n) is 6.36. The van der Waals surface area contributed by atoms with Crippen LogP contribution in [0.15, 0.2) is 36.7 Å². The lowest BCUT2D eigenvalue weighted by Crippen LogP contribution is -2.58. The highest BCUT2D eigenvalue weighted by molar-refractivity contribution is 7.18. The summed E-state index contributed by atoms with van der Waals surface area (Å²) >= 11 is 1.73. The van der Waals surface area contributed by atoms with E-state index in [0.29, 0.717) is 26.0 Å². The number of aryl methyl sites for hydroxylation is 1. The number of aromatic nitrogens is 5. The summed E-state index contributed by atoms with van der Waals surface area (Å²) in [5, 5.41) is 9.22. The number of hydrogen-bond donors (Lipinski definition) is 0. The van der Waals surface area contributed by atoms with Crippen LogP contribution in [0.2, 0.25) is 0 Å². The SMILES string of the molecule is CCc1cc2c(N3C[C@H](C)N(C(=O)CCCOn4nnc5ccccc54)C[C@H]3C)ncnc2s1. The van der Waals surface area contributed by atoms with E-state index in [4.69, 9.17) is 4.84 Å². The number of amides is 1. The number of piperazine rings is 1. The Bertz CT molecular complexity index is 1300. The molecule has 0 unspecified atom stereocenters. The molecule has 4 heterocycles. The maximum Gasteiger partial charge on any atom is 0.223 e. The summed E-state index contributed by atoms with van der Waals surface area (Å²) in [4.78, 5) is 35.9. The number of rotatable bonds is 7. The molecule has 34 heavy (non-hydrogen) atoms. The van der Waals surface area contributed by atoms with Gasteiger partial charge in [-0.1, -0.05) is 23.9 Å². The fraction of sp³-hybridized carbons (Fsp3) is 0.458. The summed E-state index contributed by atoms with van der Waals surface area (Å²) in [5.74, 6) is 1.13. The van der Waals surface area contributed by atoms with Gasteiger partial charge in [0.15, 0.2) is 0 Å². The normalized spacial score (nSPS) is 18.7. The molecule has 4 aromatic rings. The molecule has 1 aliphatic rings. The third kappa shape index (κ3) is 4.29. The van der Waals surface area contributed by atoms with E-state index in [0.717, 1.165) is 40.0 Å². The quantitative estimate of drug-likeness (QED) is 0.376. The van der Waals surface area contributed by atoms with Crippen molar-refractivity contribution in [1.82, 2.24) is 30.0 Å². The van der Waals surface area contributed by atoms with Gasteiger partial charge in [0.2, 0.25) is 5.91 Å². The van der Waals surface area contributed by atoms with Crippen molar-refractivity contribution in [2.45, 2.75) is 52.1 Å². The van der Waals surface area contributed by atoms with Crippen LogP contribution in [0.4, 0.5) is 5.82 Å². The Kier molecular flexibility index (Phi) is 6.32. The summed E-state index contributed by atoms with van der Waals surface area (Å²) in [6.07, 6.45) is 3.70. The van der Waals surface area contributed by atoms with Gasteiger partial charge in [-0.15, -0.1) is 16.4 Å². The zero-order valence-corrected chi connectivity index (χ0v) is 20.5. The number of para-hydroxylation sites is 1. The molecular weight excluding hydrogens is 450 g/mol. The second-order valence-corrected chi connectivity index (χ2v) is 9.88. The van der Waals surface area contributed by atoms with Crippen LogP contribution < -0.4 is 9.74 Å². The molecule has 0 N–H and O–H groups in total. The number of thiophene rings is 1. The van der Waals surface area contributed by atoms with Crippen molar-refractivity contribution < 1.29 is 9.63 Å². The van der Waals surface area contributed by atoms with Crippen LogP contribution in [-0.2, 0) is 11.2 Å². The summed E-state index contributed by atoms with van der Waals surface area (Å²) in [7, 11) is 0. The van der Waals surface area contributed by atoms with Gasteiger partial charge >= 0.3 is 0 Å². The molecule has 2 atom stereocenters. The zero-order chi connectivity index (χ0) is 23.7. The molecular formula is C24H29N7O2S. The number of carbonyl (C=O) groups is 1. The topological polar surface area (TPSA) is 89.3 Å². The number of anilines is 1. The molecule has 1 aliphatic heterocycles. The van der Waals surface area contributed by atoms with Gasteiger partial charge < -0.3 is 14.6 Å². The molecule has 0 saturated carbocycles. The highest BCUT2D eigenvalue weighted by atomic mass is 32.1. The van der Waals surface area contributed by atoms with Crippen LogP contribution in [0.5, 0.6) is 0 Å². The first-order valence-electron chi connectivity index (χ1n) is 11.8. The summed E-state index contributed by atoms with van der Waals surface area (Å²) in [5.41, 5.74) is 1.61. The van der Waals surface area contributed by atoms with E-state index >= 15 is 0 Å². The Labute approximate surface area is 202 Å². The fourth-order valence-corrected chi connectivity index (χ4v) is 5.46. The smallest absolute Gasteiger partial charge is 0.223 e. The second kappa shape index (κ2) is 9.54. The van der Waals surface area contributed by atoms with E-state index in [9.17, 15) is 4.79 Å². The number of fused-ring (bicyclic) bond motifs is 2. The van der Waals surface area contributed by atoms with Crippen molar-refractivity contribution in [3.63, 3.8) is 0 Å². The van der Waals surface area contributed by atoms with Crippen molar-refractivity contribution >= 4 is 44.3 Å². The molecule has 1 fully saturated rings. The van der Waals surface area contributed by atoms with E-state index in [1.807, 2.05) is 29.2 Å². The summed E-state index contributed by atoms with van der Waals surface area (Å²) in [6.45, 7) is 8.25. The van der Waals surface area contributed by atoms with Crippen LogP contribution in [0.1, 0.15) is 38.5 Å². The first kappa shape index (κ1) is 22.5. The van der Waals surface area contributed by atoms with Gasteiger partial charge in [0.05, 0.1) is 5.39 Å². The van der Waals surface area contributed by atoms with Gasteiger partial charge in [0.25, 0.3) is 0 Å². The van der Waals surface area contributed by atoms with Gasteiger partial charge in [-0.3, -0.25) is 4.79 Å². The van der Waals surface area contributed by atoms with Crippen LogP contribution >= 0.6 is 11.3 Å². The molecule has 0 aliphatic carbocycles. The van der Waals surface area contributed by atoms with Crippen molar-refractivity contribution in [2.24, 2.45) is 0 Å². The Morgan fingerprint density at radius 2 is 2.03 bits per heavy atom. The number of benzene rings is 1. The van der Waals surface area contributed by atoms with Crippen molar-refractivity contribution in [2.75, 3.05) is 24.6 Å². The molecule has 1 saturated heterocycles. The van der Waals surface area contributed by atoms with Crippen molar-refractivity contribution in [1.29, 1.82) is 0 Å². The van der Waals surface area contributed by atoms with Gasteiger partial charge in [-0.2, -0.15) is 0 Å². The summed E-state index contributed by atoms with van der Waals surface area (Å²) < 4.78 is 0. The lowest BCUT2D eigenvalue weighted by Gasteiger charge is -2.45. The maximum absolute atomic E-state index is 13.0. The van der Waals surface area contributed by atoms with Gasteiger partial charge in [-0.05, 0) is 50.1 Å². The van der Waals surface area contributed by atoms with E-state index in [1.165, 1.54) is 9.72 Å². The largest absolute Gasteiger partial charge is 0.395 e. The number of carbonyl (C=O) groups excluding carboxylic acids is 1. The molecule has 1 aromatic carbocycles. The predicted molar refractivity (Wildman–Crippen MR) is 133 cm³/mol. The van der Waals surface area contributed by atoms with Crippen LogP contribution in [0.3, 0.4) is 0 Å². The summed E-state index contributed by atoms with van der Waals surface area (Å²) in [6, 6.07) is 10.1. The molecule has 0 bridgehead atoms. The van der Waals surface area contributed by atoms with E-state index in [-0.39, 0.29) is 18.0 Å². The first-order valence-corrected chi connectivity index (χ1v) is 12.6. The first-order chi connectivity index (χ1) is 16.5. The molecule has 10 heteroatoms. The molecule has 1 amide bonds. The molecule has 0 spiro atoms. The lowest BCUT2D eigenvalue weighted by molar-refractivity contribution is -0.134.